The highest BCUT2D eigenvalue weighted by Crippen LogP contribution is 2.47. The summed E-state index contributed by atoms with van der Waals surface area (Å²) in [6.45, 7) is 1.02. The summed E-state index contributed by atoms with van der Waals surface area (Å²) in [5, 5.41) is 6.56. The summed E-state index contributed by atoms with van der Waals surface area (Å²) in [5.41, 5.74) is 5.73. The number of nitrogens with zero attached hydrogens (tertiary/aromatic N) is 1. The summed E-state index contributed by atoms with van der Waals surface area (Å²) < 4.78 is 24.5. The van der Waals surface area contributed by atoms with Crippen LogP contribution in [0.25, 0.3) is 22.2 Å². The molecule has 0 unspecified atom stereocenters. The highest BCUT2D eigenvalue weighted by molar-refractivity contribution is 6.02. The van der Waals surface area contributed by atoms with Crippen molar-refractivity contribution in [3.8, 4) is 28.5 Å². The van der Waals surface area contributed by atoms with Gasteiger partial charge in [-0.1, -0.05) is 37.5 Å². The molecule has 1 aliphatic heterocycles. The van der Waals surface area contributed by atoms with E-state index in [1.807, 2.05) is 24.3 Å². The number of hydrogen-bond acceptors (Lipinski definition) is 7. The molecular formula is C37H41N3O7. The third kappa shape index (κ3) is 6.77. The molecule has 47 heavy (non-hydrogen) atoms. The van der Waals surface area contributed by atoms with Gasteiger partial charge >= 0.3 is 5.97 Å². The van der Waals surface area contributed by atoms with Crippen molar-refractivity contribution in [1.29, 1.82) is 0 Å². The number of aromatic nitrogens is 1. The van der Waals surface area contributed by atoms with Gasteiger partial charge in [0.2, 0.25) is 0 Å². The smallest absolute Gasteiger partial charge is 0.328 e. The van der Waals surface area contributed by atoms with Gasteiger partial charge < -0.3 is 34.1 Å². The van der Waals surface area contributed by atoms with Crippen LogP contribution in [0.2, 0.25) is 0 Å². The monoisotopic (exact) mass is 639 g/mol. The Kier molecular flexibility index (Phi) is 9.65. The topological polar surface area (TPSA) is 117 Å². The maximum Gasteiger partial charge on any atom is 0.328 e. The van der Waals surface area contributed by atoms with E-state index in [9.17, 15) is 14.4 Å². The summed E-state index contributed by atoms with van der Waals surface area (Å²) in [7, 11) is 4.51. The number of likely N-dealkylation sites (N-methyl/N-ethyl adjacent to an activating group) is 1. The van der Waals surface area contributed by atoms with E-state index in [1.165, 1.54) is 31.9 Å². The minimum atomic E-state index is -0.904. The number of benzene rings is 3. The molecule has 2 heterocycles. The zero-order valence-corrected chi connectivity index (χ0v) is 27.1. The highest BCUT2D eigenvalue weighted by atomic mass is 16.5. The van der Waals surface area contributed by atoms with Crippen molar-refractivity contribution in [2.45, 2.75) is 57.0 Å². The van der Waals surface area contributed by atoms with Crippen LogP contribution in [-0.4, -0.2) is 62.9 Å². The number of fused-ring (bicyclic) bond motifs is 5. The molecule has 1 fully saturated rings. The SMILES string of the molecule is CNC(=O)COc1ccc(C[C@H](NC(=O)c2ccc3c(C4CCCCC4)c4n(c3c2)CCOc2cc(OC)ccc2-4)C(=O)OC)cc1. The molecule has 6 rings (SSSR count). The molecule has 2 amide bonds. The van der Waals surface area contributed by atoms with Gasteiger partial charge in [-0.05, 0) is 66.3 Å². The molecule has 246 valence electrons. The fraction of sp³-hybridized carbons (Fsp3) is 0.378. The fourth-order valence-corrected chi connectivity index (χ4v) is 6.79. The average Bonchev–Trinajstić information content (AvgIpc) is 3.31. The zero-order valence-electron chi connectivity index (χ0n) is 27.1. The Morgan fingerprint density at radius 3 is 2.45 bits per heavy atom. The molecule has 0 radical (unpaired) electrons. The summed E-state index contributed by atoms with van der Waals surface area (Å²) in [6.07, 6.45) is 6.13. The van der Waals surface area contributed by atoms with Crippen LogP contribution in [0.4, 0.5) is 0 Å². The molecule has 0 saturated heterocycles. The van der Waals surface area contributed by atoms with E-state index >= 15 is 0 Å². The first-order valence-corrected chi connectivity index (χ1v) is 16.2. The van der Waals surface area contributed by atoms with Gasteiger partial charge in [0.15, 0.2) is 6.61 Å². The Hall–Kier alpha value is -4.99. The van der Waals surface area contributed by atoms with E-state index in [2.05, 4.69) is 27.3 Å². The van der Waals surface area contributed by atoms with Crippen molar-refractivity contribution in [3.05, 3.63) is 77.4 Å². The summed E-state index contributed by atoms with van der Waals surface area (Å²) in [4.78, 5) is 38.0. The number of carbonyl (C=O) groups excluding carboxylic acids is 3. The summed E-state index contributed by atoms with van der Waals surface area (Å²) in [5.74, 6) is 1.35. The Labute approximate surface area is 274 Å². The van der Waals surface area contributed by atoms with Gasteiger partial charge in [0, 0.05) is 41.6 Å². The predicted molar refractivity (Wildman–Crippen MR) is 178 cm³/mol. The van der Waals surface area contributed by atoms with Crippen LogP contribution in [0.15, 0.2) is 60.7 Å². The second kappa shape index (κ2) is 14.2. The molecule has 2 N–H and O–H groups in total. The van der Waals surface area contributed by atoms with Crippen molar-refractivity contribution in [3.63, 3.8) is 0 Å². The first-order valence-electron chi connectivity index (χ1n) is 16.2. The first kappa shape index (κ1) is 32.0. The van der Waals surface area contributed by atoms with Crippen molar-refractivity contribution < 1.29 is 33.3 Å². The summed E-state index contributed by atoms with van der Waals surface area (Å²) in [6, 6.07) is 18.0. The van der Waals surface area contributed by atoms with Gasteiger partial charge in [-0.15, -0.1) is 0 Å². The Morgan fingerprint density at radius 1 is 0.957 bits per heavy atom. The molecule has 0 bridgehead atoms. The molecule has 2 aliphatic rings. The number of amides is 2. The lowest BCUT2D eigenvalue weighted by molar-refractivity contribution is -0.142. The number of nitrogens with one attached hydrogen (secondary N) is 2. The Balaban J connectivity index is 1.31. The lowest BCUT2D eigenvalue weighted by Crippen LogP contribution is -2.43. The fourth-order valence-electron chi connectivity index (χ4n) is 6.79. The Bertz CT molecular complexity index is 1770. The number of methoxy groups -OCH3 is 2. The largest absolute Gasteiger partial charge is 0.497 e. The van der Waals surface area contributed by atoms with E-state index in [-0.39, 0.29) is 24.8 Å². The van der Waals surface area contributed by atoms with Crippen molar-refractivity contribution >= 4 is 28.7 Å². The van der Waals surface area contributed by atoms with E-state index in [1.54, 1.807) is 38.4 Å². The second-order valence-electron chi connectivity index (χ2n) is 12.1. The molecular weight excluding hydrogens is 598 g/mol. The van der Waals surface area contributed by atoms with Crippen molar-refractivity contribution in [2.75, 3.05) is 34.5 Å². The lowest BCUT2D eigenvalue weighted by Gasteiger charge is -2.23. The molecule has 1 saturated carbocycles. The van der Waals surface area contributed by atoms with Gasteiger partial charge in [-0.25, -0.2) is 4.79 Å². The van der Waals surface area contributed by atoms with Crippen molar-refractivity contribution in [2.24, 2.45) is 0 Å². The van der Waals surface area contributed by atoms with Crippen LogP contribution >= 0.6 is 0 Å². The predicted octanol–water partition coefficient (Wildman–Crippen LogP) is 5.40. The average molecular weight is 640 g/mol. The number of esters is 1. The minimum Gasteiger partial charge on any atom is -0.497 e. The minimum absolute atomic E-state index is 0.0949. The standard InChI is InChI=1S/C37H41N3O7/c1-38-33(41)22-47-26-12-9-23(10-13-26)19-30(37(43)45-3)39-36(42)25-11-15-28-31(20-25)40-17-18-46-32-21-27(44-2)14-16-29(32)35(40)34(28)24-7-5-4-6-8-24/h9-16,20-21,24,30H,4-8,17-19,22H2,1-3H3,(H,38,41)(H,39,42)/t30-/m0/s1. The molecule has 1 aliphatic carbocycles. The van der Waals surface area contributed by atoms with Crippen LogP contribution in [0, 0.1) is 0 Å². The van der Waals surface area contributed by atoms with Crippen LogP contribution < -0.4 is 24.8 Å². The highest BCUT2D eigenvalue weighted by Gasteiger charge is 2.30. The van der Waals surface area contributed by atoms with Crippen LogP contribution in [0.1, 0.15) is 59.5 Å². The van der Waals surface area contributed by atoms with Crippen molar-refractivity contribution in [1.82, 2.24) is 15.2 Å². The Morgan fingerprint density at radius 2 is 1.72 bits per heavy atom. The maximum absolute atomic E-state index is 13.7. The van der Waals surface area contributed by atoms with Gasteiger partial charge in [-0.3, -0.25) is 9.59 Å². The van der Waals surface area contributed by atoms with Crippen LogP contribution in [0.5, 0.6) is 17.2 Å². The molecule has 1 aromatic heterocycles. The molecule has 4 aromatic rings. The lowest BCUT2D eigenvalue weighted by atomic mass is 9.81. The van der Waals surface area contributed by atoms with Gasteiger partial charge in [0.05, 0.1) is 26.5 Å². The first-order chi connectivity index (χ1) is 22.9. The molecule has 10 heteroatoms. The number of rotatable bonds is 10. The third-order valence-electron chi connectivity index (χ3n) is 9.20. The number of carbonyl (C=O) groups is 3. The van der Waals surface area contributed by atoms with Gasteiger partial charge in [0.25, 0.3) is 11.8 Å². The quantitative estimate of drug-likeness (QED) is 0.223. The maximum atomic E-state index is 13.7. The van der Waals surface area contributed by atoms with E-state index in [0.29, 0.717) is 30.4 Å². The normalized spacial score (nSPS) is 15.0. The molecule has 3 aromatic carbocycles. The molecule has 1 atom stereocenters. The van der Waals surface area contributed by atoms with E-state index in [0.717, 1.165) is 52.1 Å². The van der Waals surface area contributed by atoms with E-state index < -0.39 is 12.0 Å². The van der Waals surface area contributed by atoms with Crippen LogP contribution in [0.3, 0.4) is 0 Å². The number of ether oxygens (including phenoxy) is 4. The third-order valence-corrected chi connectivity index (χ3v) is 9.20. The second-order valence-corrected chi connectivity index (χ2v) is 12.1. The number of hydrogen-bond donors (Lipinski definition) is 2. The van der Waals surface area contributed by atoms with Crippen LogP contribution in [-0.2, 0) is 27.3 Å². The zero-order chi connectivity index (χ0) is 32.9. The summed E-state index contributed by atoms with van der Waals surface area (Å²) >= 11 is 0. The molecule has 0 spiro atoms. The molecule has 10 nitrogen and oxygen atoms in total. The van der Waals surface area contributed by atoms with E-state index in [4.69, 9.17) is 18.9 Å². The van der Waals surface area contributed by atoms with Gasteiger partial charge in [-0.2, -0.15) is 0 Å². The van der Waals surface area contributed by atoms with Gasteiger partial charge in [0.1, 0.15) is 29.9 Å².